The van der Waals surface area contributed by atoms with E-state index in [-0.39, 0.29) is 5.78 Å². The number of anilines is 1. The molecule has 3 heterocycles. The molecule has 0 bridgehead atoms. The number of thiophene rings is 1. The number of carbonyl (C=O) groups is 1. The Bertz CT molecular complexity index is 601. The van der Waals surface area contributed by atoms with Crippen LogP contribution in [0.2, 0.25) is 0 Å². The van der Waals surface area contributed by atoms with E-state index in [1.54, 1.807) is 12.2 Å². The summed E-state index contributed by atoms with van der Waals surface area (Å²) in [6.45, 7) is 3.11. The van der Waals surface area contributed by atoms with Gasteiger partial charge in [0.1, 0.15) is 10.7 Å². The zero-order chi connectivity index (χ0) is 13.8. The number of allylic oxidation sites excluding steroid dienone is 1. The lowest BCUT2D eigenvalue weighted by Gasteiger charge is -2.27. The Morgan fingerprint density at radius 1 is 1.40 bits per heavy atom. The molecule has 0 amide bonds. The molecule has 0 N–H and O–H groups in total. The Labute approximate surface area is 124 Å². The number of ether oxygens (including phenoxy) is 1. The predicted molar refractivity (Wildman–Crippen MR) is 80.6 cm³/mol. The van der Waals surface area contributed by atoms with Crippen LogP contribution in [0.1, 0.15) is 15.4 Å². The van der Waals surface area contributed by atoms with E-state index in [0.29, 0.717) is 0 Å². The van der Waals surface area contributed by atoms with Gasteiger partial charge in [0.2, 0.25) is 0 Å². The van der Waals surface area contributed by atoms with Gasteiger partial charge in [-0.25, -0.2) is 0 Å². The Morgan fingerprint density at radius 3 is 3.00 bits per heavy atom. The second kappa shape index (κ2) is 6.25. The third-order valence-electron chi connectivity index (χ3n) is 2.95. The van der Waals surface area contributed by atoms with Crippen molar-refractivity contribution in [2.75, 3.05) is 31.2 Å². The number of nitrogens with zero attached hydrogens (tertiary/aromatic N) is 3. The maximum Gasteiger partial charge on any atom is 0.195 e. The molecule has 7 heteroatoms. The summed E-state index contributed by atoms with van der Waals surface area (Å²) in [6.07, 6.45) is 3.31. The highest BCUT2D eigenvalue weighted by Gasteiger charge is 2.17. The van der Waals surface area contributed by atoms with Crippen molar-refractivity contribution >= 4 is 39.7 Å². The number of rotatable bonds is 4. The summed E-state index contributed by atoms with van der Waals surface area (Å²) in [5.41, 5.74) is 0.752. The first kappa shape index (κ1) is 13.4. The molecule has 1 aliphatic rings. The number of hydrogen-bond donors (Lipinski definition) is 0. The Balaban J connectivity index is 1.74. The number of aromatic nitrogens is 2. The fourth-order valence-corrected chi connectivity index (χ4v) is 3.29. The molecule has 0 aliphatic carbocycles. The van der Waals surface area contributed by atoms with Gasteiger partial charge < -0.3 is 9.64 Å². The second-order valence-electron chi connectivity index (χ2n) is 4.24. The lowest BCUT2D eigenvalue weighted by Crippen LogP contribution is -2.36. The maximum absolute atomic E-state index is 11.9. The van der Waals surface area contributed by atoms with Crippen molar-refractivity contribution in [2.24, 2.45) is 0 Å². The van der Waals surface area contributed by atoms with Crippen molar-refractivity contribution in [3.8, 4) is 0 Å². The summed E-state index contributed by atoms with van der Waals surface area (Å²) in [4.78, 5) is 14.9. The lowest BCUT2D eigenvalue weighted by molar-refractivity contribution is 0.105. The third kappa shape index (κ3) is 2.95. The van der Waals surface area contributed by atoms with Crippen molar-refractivity contribution in [3.63, 3.8) is 0 Å². The van der Waals surface area contributed by atoms with E-state index >= 15 is 0 Å². The van der Waals surface area contributed by atoms with E-state index < -0.39 is 0 Å². The standard InChI is InChI=1S/C13H13N3O2S2/c17-11(12-2-1-9-19-12)4-3-10-13(20-15-14-10)16-5-7-18-8-6-16/h1-4,9H,5-8H2. The quantitative estimate of drug-likeness (QED) is 0.641. The van der Waals surface area contributed by atoms with E-state index in [1.807, 2.05) is 17.5 Å². The maximum atomic E-state index is 11.9. The average Bonchev–Trinajstić information content (AvgIpc) is 3.17. The van der Waals surface area contributed by atoms with Crippen LogP contribution in [-0.2, 0) is 4.74 Å². The van der Waals surface area contributed by atoms with Crippen LogP contribution in [0.5, 0.6) is 0 Å². The molecule has 2 aromatic rings. The summed E-state index contributed by atoms with van der Waals surface area (Å²) < 4.78 is 9.32. The van der Waals surface area contributed by atoms with Crippen molar-refractivity contribution in [1.82, 2.24) is 9.59 Å². The van der Waals surface area contributed by atoms with Gasteiger partial charge in [0, 0.05) is 24.6 Å². The van der Waals surface area contributed by atoms with Gasteiger partial charge in [-0.05, 0) is 23.6 Å². The minimum absolute atomic E-state index is 0.000859. The molecule has 2 aromatic heterocycles. The highest BCUT2D eigenvalue weighted by atomic mass is 32.1. The summed E-state index contributed by atoms with van der Waals surface area (Å²) in [6, 6.07) is 3.69. The SMILES string of the molecule is O=C(C=Cc1nnsc1N1CCOCC1)c1cccs1. The van der Waals surface area contributed by atoms with Gasteiger partial charge in [-0.15, -0.1) is 16.4 Å². The van der Waals surface area contributed by atoms with Crippen LogP contribution in [0.15, 0.2) is 23.6 Å². The van der Waals surface area contributed by atoms with Crippen LogP contribution in [0.4, 0.5) is 5.00 Å². The largest absolute Gasteiger partial charge is 0.378 e. The summed E-state index contributed by atoms with van der Waals surface area (Å²) in [5.74, 6) is 0.000859. The van der Waals surface area contributed by atoms with Crippen LogP contribution in [0.3, 0.4) is 0 Å². The van der Waals surface area contributed by atoms with Gasteiger partial charge in [0.05, 0.1) is 18.1 Å². The molecule has 3 rings (SSSR count). The lowest BCUT2D eigenvalue weighted by atomic mass is 10.2. The molecule has 104 valence electrons. The summed E-state index contributed by atoms with van der Waals surface area (Å²) in [5, 5.41) is 6.99. The number of hydrogen-bond acceptors (Lipinski definition) is 7. The van der Waals surface area contributed by atoms with E-state index in [0.717, 1.165) is 41.9 Å². The third-order valence-corrected chi connectivity index (χ3v) is 4.64. The molecule has 0 unspecified atom stereocenters. The first-order valence-corrected chi connectivity index (χ1v) is 7.91. The first-order valence-electron chi connectivity index (χ1n) is 6.25. The Morgan fingerprint density at radius 2 is 2.25 bits per heavy atom. The van der Waals surface area contributed by atoms with Gasteiger partial charge in [-0.2, -0.15) is 0 Å². The highest BCUT2D eigenvalue weighted by Crippen LogP contribution is 2.25. The van der Waals surface area contributed by atoms with Crippen molar-refractivity contribution in [3.05, 3.63) is 34.2 Å². The molecule has 0 atom stereocenters. The van der Waals surface area contributed by atoms with E-state index in [2.05, 4.69) is 14.5 Å². The zero-order valence-corrected chi connectivity index (χ0v) is 12.3. The van der Waals surface area contributed by atoms with Crippen LogP contribution < -0.4 is 4.90 Å². The monoisotopic (exact) mass is 307 g/mol. The number of carbonyl (C=O) groups excluding carboxylic acids is 1. The number of ketones is 1. The van der Waals surface area contributed by atoms with Crippen molar-refractivity contribution in [1.29, 1.82) is 0 Å². The van der Waals surface area contributed by atoms with Crippen LogP contribution >= 0.6 is 22.9 Å². The minimum atomic E-state index is 0.000859. The van der Waals surface area contributed by atoms with Crippen molar-refractivity contribution in [2.45, 2.75) is 0 Å². The van der Waals surface area contributed by atoms with Crippen LogP contribution in [0, 0.1) is 0 Å². The Kier molecular flexibility index (Phi) is 4.19. The van der Waals surface area contributed by atoms with Crippen LogP contribution in [0.25, 0.3) is 6.08 Å². The molecule has 5 nitrogen and oxygen atoms in total. The molecular weight excluding hydrogens is 294 g/mol. The fourth-order valence-electron chi connectivity index (χ4n) is 1.94. The summed E-state index contributed by atoms with van der Waals surface area (Å²) in [7, 11) is 0. The molecule has 0 radical (unpaired) electrons. The molecule has 1 aliphatic heterocycles. The van der Waals surface area contributed by atoms with Crippen molar-refractivity contribution < 1.29 is 9.53 Å². The molecule has 0 aromatic carbocycles. The van der Waals surface area contributed by atoms with Gasteiger partial charge in [0.15, 0.2) is 5.78 Å². The normalized spacial score (nSPS) is 15.9. The first-order chi connectivity index (χ1) is 9.84. The Hall–Kier alpha value is -1.57. The van der Waals surface area contributed by atoms with E-state index in [9.17, 15) is 4.79 Å². The minimum Gasteiger partial charge on any atom is -0.378 e. The highest BCUT2D eigenvalue weighted by molar-refractivity contribution is 7.12. The predicted octanol–water partition coefficient (Wildman–Crippen LogP) is 2.33. The smallest absolute Gasteiger partial charge is 0.195 e. The van der Waals surface area contributed by atoms with Gasteiger partial charge in [-0.3, -0.25) is 4.79 Å². The molecule has 1 fully saturated rings. The molecule has 0 saturated carbocycles. The van der Waals surface area contributed by atoms with Gasteiger partial charge in [0.25, 0.3) is 0 Å². The average molecular weight is 307 g/mol. The van der Waals surface area contributed by atoms with Gasteiger partial charge in [-0.1, -0.05) is 10.6 Å². The molecule has 0 spiro atoms. The van der Waals surface area contributed by atoms with Crippen LogP contribution in [-0.4, -0.2) is 41.7 Å². The number of morpholine rings is 1. The topological polar surface area (TPSA) is 55.3 Å². The second-order valence-corrected chi connectivity index (χ2v) is 5.92. The molecular formula is C13H13N3O2S2. The molecule has 1 saturated heterocycles. The van der Waals surface area contributed by atoms with Gasteiger partial charge >= 0.3 is 0 Å². The van der Waals surface area contributed by atoms with E-state index in [1.165, 1.54) is 22.9 Å². The molecule has 20 heavy (non-hydrogen) atoms. The fraction of sp³-hybridized carbons (Fsp3) is 0.308. The zero-order valence-electron chi connectivity index (χ0n) is 10.7. The summed E-state index contributed by atoms with van der Waals surface area (Å²) >= 11 is 2.79. The van der Waals surface area contributed by atoms with E-state index in [4.69, 9.17) is 4.74 Å².